The number of carbonyl (C=O) groups excluding carboxylic acids is 2. The molecule has 8 nitrogen and oxygen atoms in total. The molecule has 0 aliphatic carbocycles. The largest absolute Gasteiger partial charge is 0.493 e. The molecule has 4 rings (SSSR count). The topological polar surface area (TPSA) is 92.3 Å². The van der Waals surface area contributed by atoms with Gasteiger partial charge in [0.15, 0.2) is 23.0 Å². The van der Waals surface area contributed by atoms with Gasteiger partial charge in [0.1, 0.15) is 17.2 Å². The van der Waals surface area contributed by atoms with Crippen LogP contribution in [0, 0.1) is 6.92 Å². The van der Waals surface area contributed by atoms with Crippen molar-refractivity contribution < 1.29 is 33.3 Å². The van der Waals surface area contributed by atoms with Crippen LogP contribution in [0.1, 0.15) is 34.0 Å². The van der Waals surface area contributed by atoms with Gasteiger partial charge in [-0.15, -0.1) is 11.3 Å². The minimum atomic E-state index is -0.533. The average molecular weight is 588 g/mol. The number of methoxy groups -OCH3 is 3. The molecule has 0 unspecified atom stereocenters. The van der Waals surface area contributed by atoms with Crippen molar-refractivity contribution in [1.82, 2.24) is 0 Å². The van der Waals surface area contributed by atoms with Gasteiger partial charge in [0.25, 0.3) is 0 Å². The molecule has 3 aromatic carbocycles. The Balaban J connectivity index is 1.52. The first-order valence-electron chi connectivity index (χ1n) is 13.2. The van der Waals surface area contributed by atoms with E-state index in [9.17, 15) is 9.59 Å². The van der Waals surface area contributed by atoms with E-state index in [0.29, 0.717) is 40.2 Å². The zero-order valence-corrected chi connectivity index (χ0v) is 25.0. The predicted molar refractivity (Wildman–Crippen MR) is 165 cm³/mol. The maximum atomic E-state index is 13.0. The maximum absolute atomic E-state index is 13.0. The summed E-state index contributed by atoms with van der Waals surface area (Å²) in [6.07, 6.45) is 3.06. The van der Waals surface area contributed by atoms with Gasteiger partial charge in [-0.2, -0.15) is 0 Å². The van der Waals surface area contributed by atoms with Crippen LogP contribution in [0.25, 0.3) is 17.2 Å². The predicted octanol–water partition coefficient (Wildman–Crippen LogP) is 7.16. The lowest BCUT2D eigenvalue weighted by molar-refractivity contribution is -0.111. The van der Waals surface area contributed by atoms with E-state index < -0.39 is 11.9 Å². The second-order valence-corrected chi connectivity index (χ2v) is 9.97. The number of rotatable bonds is 12. The Morgan fingerprint density at radius 2 is 1.60 bits per heavy atom. The Hall–Kier alpha value is -4.76. The number of thiophene rings is 1. The highest BCUT2D eigenvalue weighted by Crippen LogP contribution is 2.39. The standard InChI is InChI=1S/C33H33NO7S/c1-6-40-33(36)31-25(23-13-15-26(37-3)29(18-23)39-5)20-42-32(31)34-30(35)16-12-22-11-14-27(28(17-22)38-4)41-19-24-10-8-7-9-21(24)2/h7-18,20H,6,19H2,1-5H3,(H,34,35)/b16-12+. The van der Waals surface area contributed by atoms with E-state index in [0.717, 1.165) is 22.3 Å². The van der Waals surface area contributed by atoms with Crippen LogP contribution in [0.15, 0.2) is 72.1 Å². The number of benzene rings is 3. The van der Waals surface area contributed by atoms with E-state index in [1.807, 2.05) is 49.4 Å². The monoisotopic (exact) mass is 587 g/mol. The minimum absolute atomic E-state index is 0.194. The molecule has 0 spiro atoms. The molecule has 1 aromatic heterocycles. The molecule has 1 N–H and O–H groups in total. The van der Waals surface area contributed by atoms with Crippen LogP contribution in [0.2, 0.25) is 0 Å². The number of hydrogen-bond acceptors (Lipinski definition) is 8. The number of esters is 1. The lowest BCUT2D eigenvalue weighted by atomic mass is 10.0. The summed E-state index contributed by atoms with van der Waals surface area (Å²) in [5, 5.41) is 5.00. The minimum Gasteiger partial charge on any atom is -0.493 e. The van der Waals surface area contributed by atoms with Gasteiger partial charge in [-0.05, 0) is 66.4 Å². The van der Waals surface area contributed by atoms with E-state index >= 15 is 0 Å². The molecule has 0 saturated carbocycles. The van der Waals surface area contributed by atoms with Crippen molar-refractivity contribution in [3.63, 3.8) is 0 Å². The van der Waals surface area contributed by atoms with Gasteiger partial charge in [-0.1, -0.05) is 36.4 Å². The van der Waals surface area contributed by atoms with Crippen LogP contribution in [-0.4, -0.2) is 39.8 Å². The van der Waals surface area contributed by atoms with Gasteiger partial charge in [-0.3, -0.25) is 4.79 Å². The van der Waals surface area contributed by atoms with Crippen molar-refractivity contribution in [2.75, 3.05) is 33.3 Å². The van der Waals surface area contributed by atoms with E-state index in [1.165, 1.54) is 17.4 Å². The third-order valence-electron chi connectivity index (χ3n) is 6.46. The van der Waals surface area contributed by atoms with Gasteiger partial charge >= 0.3 is 5.97 Å². The molecule has 0 aliphatic heterocycles. The van der Waals surface area contributed by atoms with Crippen molar-refractivity contribution in [3.05, 3.63) is 94.4 Å². The molecule has 0 bridgehead atoms. The lowest BCUT2D eigenvalue weighted by Crippen LogP contribution is -2.12. The number of ether oxygens (including phenoxy) is 5. The number of hydrogen-bond donors (Lipinski definition) is 1. The summed E-state index contributed by atoms with van der Waals surface area (Å²) in [7, 11) is 4.67. The molecule has 218 valence electrons. The van der Waals surface area contributed by atoms with Gasteiger partial charge in [0.05, 0.1) is 27.9 Å². The molecule has 4 aromatic rings. The Morgan fingerprint density at radius 1 is 0.881 bits per heavy atom. The van der Waals surface area contributed by atoms with E-state index in [2.05, 4.69) is 5.32 Å². The molecule has 1 heterocycles. The normalized spacial score (nSPS) is 10.8. The molecular weight excluding hydrogens is 554 g/mol. The van der Waals surface area contributed by atoms with E-state index in [1.54, 1.807) is 57.9 Å². The number of aryl methyl sites for hydroxylation is 1. The summed E-state index contributed by atoms with van der Waals surface area (Å²) in [4.78, 5) is 25.9. The van der Waals surface area contributed by atoms with Crippen molar-refractivity contribution >= 4 is 34.3 Å². The van der Waals surface area contributed by atoms with Gasteiger partial charge < -0.3 is 29.0 Å². The van der Waals surface area contributed by atoms with Crippen molar-refractivity contribution in [2.45, 2.75) is 20.5 Å². The Morgan fingerprint density at radius 3 is 2.31 bits per heavy atom. The average Bonchev–Trinajstić information content (AvgIpc) is 3.42. The maximum Gasteiger partial charge on any atom is 0.341 e. The molecule has 0 saturated heterocycles. The third-order valence-corrected chi connectivity index (χ3v) is 7.36. The Labute approximate surface area is 249 Å². The summed E-state index contributed by atoms with van der Waals surface area (Å²) in [6.45, 7) is 4.38. The molecular formula is C33H33NO7S. The summed E-state index contributed by atoms with van der Waals surface area (Å²) < 4.78 is 27.6. The van der Waals surface area contributed by atoms with Crippen LogP contribution < -0.4 is 24.3 Å². The number of nitrogens with one attached hydrogen (secondary N) is 1. The third kappa shape index (κ3) is 7.11. The van der Waals surface area contributed by atoms with E-state index in [-0.39, 0.29) is 12.2 Å². The highest BCUT2D eigenvalue weighted by molar-refractivity contribution is 7.15. The lowest BCUT2D eigenvalue weighted by Gasteiger charge is -2.12. The van der Waals surface area contributed by atoms with Gasteiger partial charge in [0, 0.05) is 17.0 Å². The summed E-state index contributed by atoms with van der Waals surface area (Å²) in [5.41, 5.74) is 4.59. The number of anilines is 1. The zero-order chi connectivity index (χ0) is 30.1. The second-order valence-electron chi connectivity index (χ2n) is 9.09. The molecule has 0 radical (unpaired) electrons. The molecule has 0 aliphatic rings. The van der Waals surface area contributed by atoms with Crippen LogP contribution in [0.3, 0.4) is 0 Å². The summed E-state index contributed by atoms with van der Waals surface area (Å²) >= 11 is 1.24. The van der Waals surface area contributed by atoms with Gasteiger partial charge in [-0.25, -0.2) is 4.79 Å². The molecule has 9 heteroatoms. The quantitative estimate of drug-likeness (QED) is 0.139. The van der Waals surface area contributed by atoms with Crippen LogP contribution in [-0.2, 0) is 16.1 Å². The Kier molecular flexibility index (Phi) is 10.2. The van der Waals surface area contributed by atoms with Crippen LogP contribution >= 0.6 is 11.3 Å². The fraction of sp³-hybridized carbons (Fsp3) is 0.212. The van der Waals surface area contributed by atoms with Crippen molar-refractivity contribution in [2.24, 2.45) is 0 Å². The highest BCUT2D eigenvalue weighted by atomic mass is 32.1. The first kappa shape index (κ1) is 30.2. The van der Waals surface area contributed by atoms with Gasteiger partial charge in [0.2, 0.25) is 5.91 Å². The SMILES string of the molecule is CCOC(=O)c1c(-c2ccc(OC)c(OC)c2)csc1NC(=O)/C=C/c1ccc(OCc2ccccc2C)c(OC)c1. The fourth-order valence-electron chi connectivity index (χ4n) is 4.23. The van der Waals surface area contributed by atoms with Crippen molar-refractivity contribution in [3.8, 4) is 34.1 Å². The molecule has 1 amide bonds. The first-order chi connectivity index (χ1) is 20.4. The molecule has 0 fully saturated rings. The zero-order valence-electron chi connectivity index (χ0n) is 24.2. The number of carbonyl (C=O) groups is 2. The fourth-order valence-corrected chi connectivity index (χ4v) is 5.19. The summed E-state index contributed by atoms with van der Waals surface area (Å²) in [5.74, 6) is 1.30. The highest BCUT2D eigenvalue weighted by Gasteiger charge is 2.23. The Bertz CT molecular complexity index is 1590. The van der Waals surface area contributed by atoms with Crippen molar-refractivity contribution in [1.29, 1.82) is 0 Å². The smallest absolute Gasteiger partial charge is 0.341 e. The molecule has 42 heavy (non-hydrogen) atoms. The van der Waals surface area contributed by atoms with Crippen LogP contribution in [0.4, 0.5) is 5.00 Å². The summed E-state index contributed by atoms with van der Waals surface area (Å²) in [6, 6.07) is 18.8. The molecule has 0 atom stereocenters. The second kappa shape index (κ2) is 14.2. The number of amides is 1. The van der Waals surface area contributed by atoms with E-state index in [4.69, 9.17) is 23.7 Å². The van der Waals surface area contributed by atoms with Crippen LogP contribution in [0.5, 0.6) is 23.0 Å². The first-order valence-corrected chi connectivity index (χ1v) is 14.1.